The van der Waals surface area contributed by atoms with Gasteiger partial charge in [0.05, 0.1) is 32.3 Å². The van der Waals surface area contributed by atoms with Crippen molar-refractivity contribution in [2.24, 2.45) is 0 Å². The number of rotatable bonds is 6. The van der Waals surface area contributed by atoms with Gasteiger partial charge in [0.1, 0.15) is 17.4 Å². The molecule has 2 aliphatic carbocycles. The summed E-state index contributed by atoms with van der Waals surface area (Å²) >= 11 is 6.17. The molecule has 0 spiro atoms. The number of carbonyl (C=O) groups is 2. The van der Waals surface area contributed by atoms with Crippen LogP contribution in [-0.2, 0) is 24.8 Å². The first kappa shape index (κ1) is 24.7. The Bertz CT molecular complexity index is 1420. The summed E-state index contributed by atoms with van der Waals surface area (Å²) in [5.74, 6) is -1.73. The molecule has 1 N–H and O–H groups in total. The van der Waals surface area contributed by atoms with Crippen LogP contribution >= 0.6 is 11.6 Å². The van der Waals surface area contributed by atoms with Crippen molar-refractivity contribution < 1.29 is 22.4 Å². The fourth-order valence-corrected chi connectivity index (χ4v) is 7.11. The number of nitrogens with one attached hydrogen (secondary N) is 1. The minimum Gasteiger partial charge on any atom is -0.336 e. The van der Waals surface area contributed by atoms with Crippen LogP contribution in [-0.4, -0.2) is 53.5 Å². The third kappa shape index (κ3) is 4.04. The number of hydrogen-bond donors (Lipinski definition) is 1. The van der Waals surface area contributed by atoms with Crippen LogP contribution in [0.1, 0.15) is 43.4 Å². The average molecular weight is 531 g/mol. The molecule has 2 atom stereocenters. The minimum absolute atomic E-state index is 0.00496. The van der Waals surface area contributed by atoms with Gasteiger partial charge in [-0.3, -0.25) is 14.6 Å². The van der Waals surface area contributed by atoms with Crippen LogP contribution < -0.4 is 5.32 Å². The van der Waals surface area contributed by atoms with Gasteiger partial charge in [0.15, 0.2) is 9.84 Å². The quantitative estimate of drug-likeness (QED) is 0.613. The molecule has 1 aromatic carbocycles. The molecule has 188 valence electrons. The first-order valence-electron chi connectivity index (χ1n) is 11.7. The Morgan fingerprint density at radius 1 is 1.25 bits per heavy atom. The van der Waals surface area contributed by atoms with Gasteiger partial charge in [-0.25, -0.2) is 12.8 Å². The van der Waals surface area contributed by atoms with E-state index in [1.54, 1.807) is 19.1 Å². The molecule has 1 saturated heterocycles. The number of pyridine rings is 1. The molecule has 2 heterocycles. The van der Waals surface area contributed by atoms with Crippen molar-refractivity contribution in [3.05, 3.63) is 58.6 Å². The summed E-state index contributed by atoms with van der Waals surface area (Å²) in [4.78, 5) is 32.5. The van der Waals surface area contributed by atoms with Crippen LogP contribution in [0.3, 0.4) is 0 Å². The first-order chi connectivity index (χ1) is 17.0. The highest BCUT2D eigenvalue weighted by atomic mass is 35.5. The fraction of sp³-hybridized carbons (Fsp3) is 0.440. The monoisotopic (exact) mass is 530 g/mol. The van der Waals surface area contributed by atoms with Crippen molar-refractivity contribution in [2.75, 3.05) is 6.54 Å². The summed E-state index contributed by atoms with van der Waals surface area (Å²) in [5, 5.41) is 11.1. The smallest absolute Gasteiger partial charge is 0.244 e. The Balaban J connectivity index is 1.50. The molecule has 11 heteroatoms. The maximum Gasteiger partial charge on any atom is 0.244 e. The zero-order chi connectivity index (χ0) is 25.9. The maximum absolute atomic E-state index is 14.8. The fourth-order valence-electron chi connectivity index (χ4n) is 4.90. The highest BCUT2D eigenvalue weighted by Crippen LogP contribution is 2.51. The molecule has 3 fully saturated rings. The second kappa shape index (κ2) is 8.53. The van der Waals surface area contributed by atoms with Crippen LogP contribution in [0.15, 0.2) is 41.4 Å². The van der Waals surface area contributed by atoms with Gasteiger partial charge < -0.3 is 10.2 Å². The van der Waals surface area contributed by atoms with E-state index in [4.69, 9.17) is 11.6 Å². The highest BCUT2D eigenvalue weighted by Gasteiger charge is 2.59. The lowest BCUT2D eigenvalue weighted by Gasteiger charge is -2.28. The highest BCUT2D eigenvalue weighted by molar-refractivity contribution is 7.92. The topological polar surface area (TPSA) is 120 Å². The van der Waals surface area contributed by atoms with Crippen molar-refractivity contribution in [1.29, 1.82) is 5.26 Å². The van der Waals surface area contributed by atoms with Crippen LogP contribution in [0.4, 0.5) is 4.39 Å². The Hall–Kier alpha value is -3.03. The molecule has 1 aromatic heterocycles. The summed E-state index contributed by atoms with van der Waals surface area (Å²) in [6.07, 6.45) is 2.97. The number of sulfone groups is 1. The van der Waals surface area contributed by atoms with Gasteiger partial charge in [-0.05, 0) is 62.8 Å². The normalized spacial score (nSPS) is 23.6. The molecule has 0 bridgehead atoms. The number of nitriles is 1. The summed E-state index contributed by atoms with van der Waals surface area (Å²) in [7, 11) is -4.00. The summed E-state index contributed by atoms with van der Waals surface area (Å²) < 4.78 is 41.8. The number of nitrogens with zero attached hydrogens (tertiary/aromatic N) is 3. The van der Waals surface area contributed by atoms with Crippen molar-refractivity contribution in [3.63, 3.8) is 0 Å². The Labute approximate surface area is 213 Å². The molecule has 2 unspecified atom stereocenters. The summed E-state index contributed by atoms with van der Waals surface area (Å²) in [6, 6.07) is 8.27. The van der Waals surface area contributed by atoms with Gasteiger partial charge in [-0.2, -0.15) is 5.26 Å². The number of likely N-dealkylation sites (tertiary alicyclic amines) is 1. The SMILES string of the molecule is Cc1cnc(C2(C(=O)N3CC(S(=O)(=O)c4ccccc4Cl)CC3C(=O)NC3(C#N)CC3)CC2)c(F)c1. The second-order valence-corrected chi connectivity index (χ2v) is 12.5. The molecule has 5 rings (SSSR count). The number of aromatic nitrogens is 1. The van der Waals surface area contributed by atoms with E-state index in [-0.39, 0.29) is 28.6 Å². The third-order valence-electron chi connectivity index (χ3n) is 7.33. The summed E-state index contributed by atoms with van der Waals surface area (Å²) in [5.41, 5.74) is -1.63. The number of hydrogen-bond acceptors (Lipinski definition) is 6. The average Bonchev–Trinajstić information content (AvgIpc) is 3.75. The van der Waals surface area contributed by atoms with E-state index in [0.29, 0.717) is 31.2 Å². The van der Waals surface area contributed by atoms with Crippen LogP contribution in [0.5, 0.6) is 0 Å². The minimum atomic E-state index is -4.00. The van der Waals surface area contributed by atoms with E-state index in [0.717, 1.165) is 0 Å². The third-order valence-corrected chi connectivity index (χ3v) is 9.96. The van der Waals surface area contributed by atoms with Crippen molar-refractivity contribution in [2.45, 2.75) is 66.2 Å². The van der Waals surface area contributed by atoms with Gasteiger partial charge in [0.25, 0.3) is 0 Å². The van der Waals surface area contributed by atoms with Gasteiger partial charge in [-0.1, -0.05) is 23.7 Å². The molecular weight excluding hydrogens is 507 g/mol. The molecule has 2 aromatic rings. The van der Waals surface area contributed by atoms with Crippen LogP contribution in [0.25, 0.3) is 0 Å². The number of carbonyl (C=O) groups excluding carboxylic acids is 2. The molecular formula is C25H24ClFN4O4S. The number of benzene rings is 1. The van der Waals surface area contributed by atoms with Crippen molar-refractivity contribution in [1.82, 2.24) is 15.2 Å². The molecule has 0 radical (unpaired) electrons. The lowest BCUT2D eigenvalue weighted by Crippen LogP contribution is -2.52. The van der Waals surface area contributed by atoms with E-state index in [1.807, 2.05) is 0 Å². The Morgan fingerprint density at radius 3 is 2.53 bits per heavy atom. The molecule has 3 aliphatic rings. The molecule has 36 heavy (non-hydrogen) atoms. The van der Waals surface area contributed by atoms with E-state index >= 15 is 0 Å². The van der Waals surface area contributed by atoms with E-state index in [1.165, 1.54) is 29.3 Å². The number of aryl methyl sites for hydroxylation is 1. The lowest BCUT2D eigenvalue weighted by atomic mass is 9.98. The van der Waals surface area contributed by atoms with E-state index < -0.39 is 49.7 Å². The molecule has 2 amide bonds. The zero-order valence-electron chi connectivity index (χ0n) is 19.5. The second-order valence-electron chi connectivity index (χ2n) is 9.91. The van der Waals surface area contributed by atoms with Crippen molar-refractivity contribution >= 4 is 33.3 Å². The van der Waals surface area contributed by atoms with Crippen LogP contribution in [0, 0.1) is 24.1 Å². The summed E-state index contributed by atoms with van der Waals surface area (Å²) in [6.45, 7) is 1.44. The molecule has 8 nitrogen and oxygen atoms in total. The van der Waals surface area contributed by atoms with Crippen molar-refractivity contribution in [3.8, 4) is 6.07 Å². The van der Waals surface area contributed by atoms with E-state index in [9.17, 15) is 27.7 Å². The number of amides is 2. The molecule has 1 aliphatic heterocycles. The predicted molar refractivity (Wildman–Crippen MR) is 128 cm³/mol. The van der Waals surface area contributed by atoms with Gasteiger partial charge >= 0.3 is 0 Å². The van der Waals surface area contributed by atoms with E-state index in [2.05, 4.69) is 16.4 Å². The maximum atomic E-state index is 14.8. The predicted octanol–water partition coefficient (Wildman–Crippen LogP) is 2.83. The van der Waals surface area contributed by atoms with Crippen LogP contribution in [0.2, 0.25) is 5.02 Å². The molecule has 2 saturated carbocycles. The van der Waals surface area contributed by atoms with Gasteiger partial charge in [-0.15, -0.1) is 0 Å². The lowest BCUT2D eigenvalue weighted by molar-refractivity contribution is -0.140. The Kier molecular flexibility index (Phi) is 5.84. The van der Waals surface area contributed by atoms with Gasteiger partial charge in [0, 0.05) is 12.7 Å². The first-order valence-corrected chi connectivity index (χ1v) is 13.6. The zero-order valence-corrected chi connectivity index (χ0v) is 21.1. The standard InChI is InChI=1S/C25H24ClFN4O4S/c1-15-10-18(27)21(29-12-15)25(8-9-25)23(33)31-13-16(36(34,35)20-5-3-2-4-17(20)26)11-19(31)22(32)30-24(14-28)6-7-24/h2-5,10,12,16,19H,6-9,11,13H2,1H3,(H,30,32). The Morgan fingerprint density at radius 2 is 1.94 bits per heavy atom. The number of halogens is 2. The largest absolute Gasteiger partial charge is 0.336 e. The van der Waals surface area contributed by atoms with Gasteiger partial charge in [0.2, 0.25) is 11.8 Å².